The molecule has 2 aromatic carbocycles. The number of sulfonamides is 1. The lowest BCUT2D eigenvalue weighted by Gasteiger charge is -2.36. The molecule has 1 aliphatic rings. The lowest BCUT2D eigenvalue weighted by atomic mass is 9.96. The summed E-state index contributed by atoms with van der Waals surface area (Å²) < 4.78 is 29.3. The standard InChI is InChI=1S/C25H31N3O2S2/c1-4-23-13-14-25(31-23)32(29,30)26-17-24(20-9-11-22(12-10-20)27(2)3)28-16-15-19-7-5-6-8-21(19)18-28/h5-14,24,26H,4,15-18H2,1-3H3/t24-/m1/s1. The lowest BCUT2D eigenvalue weighted by Crippen LogP contribution is -2.40. The summed E-state index contributed by atoms with van der Waals surface area (Å²) >= 11 is 1.35. The van der Waals surface area contributed by atoms with Gasteiger partial charge in [0.1, 0.15) is 4.21 Å². The van der Waals surface area contributed by atoms with Gasteiger partial charge in [0.15, 0.2) is 0 Å². The van der Waals surface area contributed by atoms with Gasteiger partial charge < -0.3 is 4.90 Å². The van der Waals surface area contributed by atoms with Crippen LogP contribution in [0.25, 0.3) is 0 Å². The minimum Gasteiger partial charge on any atom is -0.378 e. The maximum absolute atomic E-state index is 13.0. The van der Waals surface area contributed by atoms with Gasteiger partial charge in [0.25, 0.3) is 0 Å². The Morgan fingerprint density at radius 3 is 2.41 bits per heavy atom. The molecule has 1 aliphatic heterocycles. The predicted molar refractivity (Wildman–Crippen MR) is 133 cm³/mol. The third-order valence-electron chi connectivity index (χ3n) is 6.11. The first-order valence-electron chi connectivity index (χ1n) is 11.0. The van der Waals surface area contributed by atoms with Crippen molar-refractivity contribution in [2.24, 2.45) is 0 Å². The van der Waals surface area contributed by atoms with Crippen LogP contribution in [0.15, 0.2) is 64.9 Å². The molecule has 0 unspecified atom stereocenters. The van der Waals surface area contributed by atoms with E-state index in [9.17, 15) is 8.42 Å². The second kappa shape index (κ2) is 9.75. The third-order valence-corrected chi connectivity index (χ3v) is 9.26. The Morgan fingerprint density at radius 2 is 1.75 bits per heavy atom. The quantitative estimate of drug-likeness (QED) is 0.529. The number of nitrogens with zero attached hydrogens (tertiary/aromatic N) is 2. The summed E-state index contributed by atoms with van der Waals surface area (Å²) in [5, 5.41) is 0. The first kappa shape index (κ1) is 23.0. The fourth-order valence-electron chi connectivity index (χ4n) is 4.19. The highest BCUT2D eigenvalue weighted by Crippen LogP contribution is 2.30. The molecule has 4 rings (SSSR count). The highest BCUT2D eigenvalue weighted by Gasteiger charge is 2.27. The van der Waals surface area contributed by atoms with Crippen molar-refractivity contribution in [3.63, 3.8) is 0 Å². The number of nitrogens with one attached hydrogen (secondary N) is 1. The zero-order valence-corrected chi connectivity index (χ0v) is 20.5. The summed E-state index contributed by atoms with van der Waals surface area (Å²) in [5.41, 5.74) is 4.96. The monoisotopic (exact) mass is 469 g/mol. The van der Waals surface area contributed by atoms with E-state index in [-0.39, 0.29) is 6.04 Å². The van der Waals surface area contributed by atoms with Gasteiger partial charge in [0.05, 0.1) is 0 Å². The van der Waals surface area contributed by atoms with Crippen molar-refractivity contribution in [1.82, 2.24) is 9.62 Å². The molecular weight excluding hydrogens is 438 g/mol. The van der Waals surface area contributed by atoms with Gasteiger partial charge in [-0.25, -0.2) is 13.1 Å². The van der Waals surface area contributed by atoms with Crippen LogP contribution in [0.3, 0.4) is 0 Å². The van der Waals surface area contributed by atoms with E-state index in [1.54, 1.807) is 6.07 Å². The Labute approximate surface area is 195 Å². The highest BCUT2D eigenvalue weighted by molar-refractivity contribution is 7.91. The molecule has 0 saturated carbocycles. The number of fused-ring (bicyclic) bond motifs is 1. The van der Waals surface area contributed by atoms with Crippen molar-refractivity contribution in [1.29, 1.82) is 0 Å². The normalized spacial score (nSPS) is 15.3. The molecule has 0 aliphatic carbocycles. The van der Waals surface area contributed by atoms with Crippen LogP contribution in [0, 0.1) is 0 Å². The van der Waals surface area contributed by atoms with Crippen LogP contribution in [0.2, 0.25) is 0 Å². The number of rotatable bonds is 8. The molecule has 170 valence electrons. The van der Waals surface area contributed by atoms with Crippen LogP contribution in [0.5, 0.6) is 0 Å². The largest absolute Gasteiger partial charge is 0.378 e. The minimum absolute atomic E-state index is 0.0417. The van der Waals surface area contributed by atoms with E-state index < -0.39 is 10.0 Å². The number of thiophene rings is 1. The number of hydrogen-bond donors (Lipinski definition) is 1. The molecule has 7 heteroatoms. The van der Waals surface area contributed by atoms with Crippen LogP contribution >= 0.6 is 11.3 Å². The molecular formula is C25H31N3O2S2. The molecule has 1 aromatic heterocycles. The van der Waals surface area contributed by atoms with Gasteiger partial charge in [0.2, 0.25) is 10.0 Å². The summed E-state index contributed by atoms with van der Waals surface area (Å²) in [5.74, 6) is 0. The van der Waals surface area contributed by atoms with Gasteiger partial charge in [-0.3, -0.25) is 4.90 Å². The molecule has 1 atom stereocenters. The van der Waals surface area contributed by atoms with E-state index in [0.717, 1.165) is 42.1 Å². The number of anilines is 1. The van der Waals surface area contributed by atoms with Gasteiger partial charge >= 0.3 is 0 Å². The Kier molecular flexibility index (Phi) is 7.00. The van der Waals surface area contributed by atoms with Crippen molar-refractivity contribution in [2.75, 3.05) is 32.1 Å². The third kappa shape index (κ3) is 5.07. The second-order valence-electron chi connectivity index (χ2n) is 8.42. The Balaban J connectivity index is 1.59. The Bertz CT molecular complexity index is 1150. The zero-order valence-electron chi connectivity index (χ0n) is 18.9. The molecule has 0 spiro atoms. The summed E-state index contributed by atoms with van der Waals surface area (Å²) in [7, 11) is 0.503. The molecule has 0 amide bonds. The molecule has 0 saturated heterocycles. The average Bonchev–Trinajstić information content (AvgIpc) is 3.30. The Hall–Kier alpha value is -2.19. The van der Waals surface area contributed by atoms with Gasteiger partial charge in [-0.05, 0) is 53.8 Å². The summed E-state index contributed by atoms with van der Waals surface area (Å²) in [6.45, 7) is 4.09. The van der Waals surface area contributed by atoms with E-state index in [4.69, 9.17) is 0 Å². The van der Waals surface area contributed by atoms with Gasteiger partial charge in [-0.1, -0.05) is 43.3 Å². The molecule has 0 bridgehead atoms. The molecule has 2 heterocycles. The fourth-order valence-corrected chi connectivity index (χ4v) is 6.57. The second-order valence-corrected chi connectivity index (χ2v) is 11.6. The van der Waals surface area contributed by atoms with Gasteiger partial charge in [-0.2, -0.15) is 0 Å². The number of aryl methyl sites for hydroxylation is 1. The highest BCUT2D eigenvalue weighted by atomic mass is 32.2. The predicted octanol–water partition coefficient (Wildman–Crippen LogP) is 4.45. The topological polar surface area (TPSA) is 52.7 Å². The molecule has 32 heavy (non-hydrogen) atoms. The van der Waals surface area contributed by atoms with Crippen molar-refractivity contribution in [3.05, 3.63) is 82.2 Å². The van der Waals surface area contributed by atoms with Gasteiger partial charge in [0, 0.05) is 50.3 Å². The Morgan fingerprint density at radius 1 is 1.03 bits per heavy atom. The molecule has 5 nitrogen and oxygen atoms in total. The summed E-state index contributed by atoms with van der Waals surface area (Å²) in [6.07, 6.45) is 1.81. The van der Waals surface area contributed by atoms with E-state index in [1.807, 2.05) is 27.1 Å². The van der Waals surface area contributed by atoms with E-state index in [0.29, 0.717) is 10.8 Å². The first-order valence-corrected chi connectivity index (χ1v) is 13.3. The van der Waals surface area contributed by atoms with Crippen molar-refractivity contribution < 1.29 is 8.42 Å². The minimum atomic E-state index is -3.54. The molecule has 0 fully saturated rings. The summed E-state index contributed by atoms with van der Waals surface area (Å²) in [4.78, 5) is 5.54. The zero-order chi connectivity index (χ0) is 22.7. The van der Waals surface area contributed by atoms with E-state index in [1.165, 1.54) is 22.5 Å². The van der Waals surface area contributed by atoms with E-state index >= 15 is 0 Å². The van der Waals surface area contributed by atoms with Crippen molar-refractivity contribution in [2.45, 2.75) is 36.6 Å². The summed E-state index contributed by atoms with van der Waals surface area (Å²) in [6, 6.07) is 20.5. The lowest BCUT2D eigenvalue weighted by molar-refractivity contribution is 0.180. The number of hydrogen-bond acceptors (Lipinski definition) is 5. The van der Waals surface area contributed by atoms with Crippen LogP contribution in [0.4, 0.5) is 5.69 Å². The first-order chi connectivity index (χ1) is 15.4. The molecule has 0 radical (unpaired) electrons. The van der Waals surface area contributed by atoms with E-state index in [2.05, 4.69) is 63.1 Å². The van der Waals surface area contributed by atoms with Gasteiger partial charge in [-0.15, -0.1) is 11.3 Å². The van der Waals surface area contributed by atoms with Crippen LogP contribution in [0.1, 0.15) is 34.5 Å². The maximum atomic E-state index is 13.0. The maximum Gasteiger partial charge on any atom is 0.250 e. The molecule has 1 N–H and O–H groups in total. The smallest absolute Gasteiger partial charge is 0.250 e. The average molecular weight is 470 g/mol. The molecule has 3 aromatic rings. The van der Waals surface area contributed by atoms with Crippen LogP contribution in [-0.2, 0) is 29.4 Å². The van der Waals surface area contributed by atoms with Crippen LogP contribution in [-0.4, -0.2) is 40.5 Å². The fraction of sp³-hybridized carbons (Fsp3) is 0.360. The SMILES string of the molecule is CCc1ccc(S(=O)(=O)NC[C@H](c2ccc(N(C)C)cc2)N2CCc3ccccc3C2)s1. The van der Waals surface area contributed by atoms with Crippen molar-refractivity contribution in [3.8, 4) is 0 Å². The van der Waals surface area contributed by atoms with Crippen molar-refractivity contribution >= 4 is 27.0 Å². The number of benzene rings is 2. The van der Waals surface area contributed by atoms with Crippen LogP contribution < -0.4 is 9.62 Å².